The minimum Gasteiger partial charge on any atom is -0.337 e. The number of nitrogens with one attached hydrogen (secondary N) is 1. The molecule has 0 spiro atoms. The van der Waals surface area contributed by atoms with Crippen molar-refractivity contribution in [3.05, 3.63) is 101 Å². The van der Waals surface area contributed by atoms with Crippen LogP contribution in [0.25, 0.3) is 22.6 Å². The first-order valence-corrected chi connectivity index (χ1v) is 9.92. The number of anilines is 1. The average molecular weight is 430 g/mol. The van der Waals surface area contributed by atoms with E-state index < -0.39 is 5.82 Å². The number of amides is 1. The maximum atomic E-state index is 13.6. The zero-order valence-electron chi connectivity index (χ0n) is 16.3. The number of para-hydroxylation sites is 1. The van der Waals surface area contributed by atoms with Crippen molar-refractivity contribution in [2.24, 2.45) is 0 Å². The average Bonchev–Trinajstić information content (AvgIpc) is 3.11. The number of carbonyl (C=O) groups excluding carboxylic acids is 1. The van der Waals surface area contributed by atoms with E-state index in [9.17, 15) is 14.4 Å². The Kier molecular flexibility index (Phi) is 5.83. The molecule has 4 aromatic rings. The van der Waals surface area contributed by atoms with Crippen LogP contribution in [0.4, 0.5) is 10.1 Å². The Morgan fingerprint density at radius 3 is 2.61 bits per heavy atom. The van der Waals surface area contributed by atoms with Crippen LogP contribution in [0, 0.1) is 17.1 Å². The summed E-state index contributed by atoms with van der Waals surface area (Å²) in [5, 5.41) is 14.0. The van der Waals surface area contributed by atoms with Gasteiger partial charge >= 0.3 is 0 Å². The van der Waals surface area contributed by atoms with Crippen LogP contribution in [0.3, 0.4) is 0 Å². The lowest BCUT2D eigenvalue weighted by molar-refractivity contribution is -0.116. The van der Waals surface area contributed by atoms with Crippen LogP contribution in [0.2, 0.25) is 5.02 Å². The fourth-order valence-electron chi connectivity index (χ4n) is 3.40. The molecule has 0 aliphatic heterocycles. The summed E-state index contributed by atoms with van der Waals surface area (Å²) in [6.07, 6.45) is 3.54. The lowest BCUT2D eigenvalue weighted by Crippen LogP contribution is -2.18. The van der Waals surface area contributed by atoms with Gasteiger partial charge in [0.15, 0.2) is 0 Å². The van der Waals surface area contributed by atoms with Crippen LogP contribution in [-0.2, 0) is 11.3 Å². The Labute approximate surface area is 183 Å². The van der Waals surface area contributed by atoms with Crippen LogP contribution in [0.5, 0.6) is 0 Å². The first-order chi connectivity index (χ1) is 15.0. The molecule has 1 N–H and O–H groups in total. The molecule has 6 heteroatoms. The SMILES string of the molecule is N#C/C(=C/c1cn(CC(=O)Nc2ccc(Cl)cc2)c2ccccc12)c1cccc(F)c1. The first-order valence-electron chi connectivity index (χ1n) is 9.54. The molecule has 1 heterocycles. The fourth-order valence-corrected chi connectivity index (χ4v) is 3.53. The van der Waals surface area contributed by atoms with Crippen molar-refractivity contribution in [1.82, 2.24) is 4.57 Å². The Morgan fingerprint density at radius 2 is 1.87 bits per heavy atom. The van der Waals surface area contributed by atoms with Crippen molar-refractivity contribution < 1.29 is 9.18 Å². The van der Waals surface area contributed by atoms with E-state index in [2.05, 4.69) is 11.4 Å². The second-order valence-electron chi connectivity index (χ2n) is 6.96. The minimum absolute atomic E-state index is 0.0961. The van der Waals surface area contributed by atoms with E-state index in [4.69, 9.17) is 11.6 Å². The van der Waals surface area contributed by atoms with E-state index in [1.54, 1.807) is 42.5 Å². The highest BCUT2D eigenvalue weighted by molar-refractivity contribution is 6.30. The minimum atomic E-state index is -0.403. The highest BCUT2D eigenvalue weighted by Gasteiger charge is 2.12. The van der Waals surface area contributed by atoms with Crippen molar-refractivity contribution in [3.8, 4) is 6.07 Å². The van der Waals surface area contributed by atoms with Gasteiger partial charge in [-0.1, -0.05) is 41.9 Å². The molecule has 4 rings (SSSR count). The van der Waals surface area contributed by atoms with Gasteiger partial charge in [0, 0.05) is 33.4 Å². The van der Waals surface area contributed by atoms with Crippen LogP contribution in [0.15, 0.2) is 79.0 Å². The molecule has 1 aromatic heterocycles. The largest absolute Gasteiger partial charge is 0.337 e. The zero-order chi connectivity index (χ0) is 21.8. The van der Waals surface area contributed by atoms with Gasteiger partial charge in [-0.15, -0.1) is 0 Å². The monoisotopic (exact) mass is 429 g/mol. The van der Waals surface area contributed by atoms with Crippen LogP contribution >= 0.6 is 11.6 Å². The van der Waals surface area contributed by atoms with E-state index in [0.29, 0.717) is 21.8 Å². The normalized spacial score (nSPS) is 11.3. The maximum absolute atomic E-state index is 13.6. The molecule has 1 amide bonds. The number of carbonyl (C=O) groups is 1. The molecule has 0 bridgehead atoms. The molecule has 0 unspecified atom stereocenters. The number of nitrogens with zero attached hydrogens (tertiary/aromatic N) is 2. The highest BCUT2D eigenvalue weighted by Crippen LogP contribution is 2.26. The van der Waals surface area contributed by atoms with E-state index >= 15 is 0 Å². The smallest absolute Gasteiger partial charge is 0.244 e. The first kappa shape index (κ1) is 20.4. The molecule has 3 aromatic carbocycles. The summed E-state index contributed by atoms with van der Waals surface area (Å²) >= 11 is 5.89. The van der Waals surface area contributed by atoms with Crippen LogP contribution in [-0.4, -0.2) is 10.5 Å². The number of allylic oxidation sites excluding steroid dienone is 1. The molecule has 0 saturated heterocycles. The number of benzene rings is 3. The summed E-state index contributed by atoms with van der Waals surface area (Å²) in [6, 6.07) is 22.6. The fraction of sp³-hybridized carbons (Fsp3) is 0.0400. The predicted molar refractivity (Wildman–Crippen MR) is 122 cm³/mol. The Morgan fingerprint density at radius 1 is 1.10 bits per heavy atom. The van der Waals surface area contributed by atoms with E-state index in [0.717, 1.165) is 16.5 Å². The highest BCUT2D eigenvalue weighted by atomic mass is 35.5. The molecule has 4 nitrogen and oxygen atoms in total. The third kappa shape index (κ3) is 4.66. The third-order valence-electron chi connectivity index (χ3n) is 4.82. The summed E-state index contributed by atoms with van der Waals surface area (Å²) in [5.41, 5.74) is 3.13. The van der Waals surface area contributed by atoms with Gasteiger partial charge < -0.3 is 9.88 Å². The molecular formula is C25H17ClFN3O. The van der Waals surface area contributed by atoms with Crippen LogP contribution < -0.4 is 5.32 Å². The molecule has 0 fully saturated rings. The molecule has 0 aliphatic rings. The van der Waals surface area contributed by atoms with Gasteiger partial charge in [-0.05, 0) is 54.1 Å². The maximum Gasteiger partial charge on any atom is 0.244 e. The second kappa shape index (κ2) is 8.86. The van der Waals surface area contributed by atoms with Gasteiger partial charge in [-0.3, -0.25) is 4.79 Å². The quantitative estimate of drug-likeness (QED) is 0.387. The number of rotatable bonds is 5. The van der Waals surface area contributed by atoms with Gasteiger partial charge in [0.25, 0.3) is 0 Å². The predicted octanol–water partition coefficient (Wildman–Crippen LogP) is 6.14. The van der Waals surface area contributed by atoms with Crippen molar-refractivity contribution in [2.75, 3.05) is 5.32 Å². The number of nitriles is 1. The van der Waals surface area contributed by atoms with Crippen LogP contribution in [0.1, 0.15) is 11.1 Å². The Balaban J connectivity index is 1.66. The summed E-state index contributed by atoms with van der Waals surface area (Å²) < 4.78 is 15.4. The van der Waals surface area contributed by atoms with Gasteiger partial charge in [-0.2, -0.15) is 5.26 Å². The molecule has 0 radical (unpaired) electrons. The number of hydrogen-bond acceptors (Lipinski definition) is 2. The zero-order valence-corrected chi connectivity index (χ0v) is 17.1. The second-order valence-corrected chi connectivity index (χ2v) is 7.40. The number of fused-ring (bicyclic) bond motifs is 1. The summed E-state index contributed by atoms with van der Waals surface area (Å²) in [5.74, 6) is -0.593. The standard InChI is InChI=1S/C25H17ClFN3O/c26-20-8-10-22(11-9-20)29-25(31)16-30-15-19(23-6-1-2-7-24(23)30)12-18(14-28)17-4-3-5-21(27)13-17/h1-13,15H,16H2,(H,29,31)/b18-12-. The Bertz CT molecular complexity index is 1330. The van der Waals surface area contributed by atoms with E-state index in [1.807, 2.05) is 35.0 Å². The third-order valence-corrected chi connectivity index (χ3v) is 5.07. The van der Waals surface area contributed by atoms with Gasteiger partial charge in [0.1, 0.15) is 12.4 Å². The van der Waals surface area contributed by atoms with Crippen molar-refractivity contribution in [3.63, 3.8) is 0 Å². The summed E-state index contributed by atoms with van der Waals surface area (Å²) in [4.78, 5) is 12.6. The lowest BCUT2D eigenvalue weighted by atomic mass is 10.0. The van der Waals surface area contributed by atoms with Crippen molar-refractivity contribution in [2.45, 2.75) is 6.54 Å². The number of halogens is 2. The van der Waals surface area contributed by atoms with Crippen molar-refractivity contribution >= 4 is 45.7 Å². The van der Waals surface area contributed by atoms with E-state index in [1.165, 1.54) is 12.1 Å². The van der Waals surface area contributed by atoms with Crippen molar-refractivity contribution in [1.29, 1.82) is 5.26 Å². The molecule has 152 valence electrons. The summed E-state index contributed by atoms with van der Waals surface area (Å²) in [7, 11) is 0. The number of aromatic nitrogens is 1. The Hall–Kier alpha value is -3.88. The van der Waals surface area contributed by atoms with Gasteiger partial charge in [0.05, 0.1) is 11.6 Å². The molecule has 0 aliphatic carbocycles. The molecule has 0 atom stereocenters. The topological polar surface area (TPSA) is 57.8 Å². The van der Waals surface area contributed by atoms with Gasteiger partial charge in [-0.25, -0.2) is 4.39 Å². The number of hydrogen-bond donors (Lipinski definition) is 1. The molecule has 0 saturated carbocycles. The summed E-state index contributed by atoms with van der Waals surface area (Å²) in [6.45, 7) is 0.0961. The van der Waals surface area contributed by atoms with Gasteiger partial charge in [0.2, 0.25) is 5.91 Å². The molecular weight excluding hydrogens is 413 g/mol. The molecule has 31 heavy (non-hydrogen) atoms. The van der Waals surface area contributed by atoms with E-state index in [-0.39, 0.29) is 12.5 Å². The lowest BCUT2D eigenvalue weighted by Gasteiger charge is -2.07.